The number of carbonyl (C=O) groups is 3. The highest BCUT2D eigenvalue weighted by molar-refractivity contribution is 5.98. The van der Waals surface area contributed by atoms with Gasteiger partial charge in [-0.05, 0) is 25.7 Å². The number of likely N-dealkylation sites (tertiary alicyclic amines) is 1. The predicted molar refractivity (Wildman–Crippen MR) is 110 cm³/mol. The van der Waals surface area contributed by atoms with Crippen LogP contribution in [0.3, 0.4) is 0 Å². The van der Waals surface area contributed by atoms with Crippen LogP contribution in [0, 0.1) is 11.8 Å². The van der Waals surface area contributed by atoms with Crippen LogP contribution in [0.5, 0.6) is 0 Å². The van der Waals surface area contributed by atoms with Crippen molar-refractivity contribution in [3.8, 4) is 0 Å². The molecular weight excluding hydrogens is 388 g/mol. The number of rotatable bonds is 11. The summed E-state index contributed by atoms with van der Waals surface area (Å²) in [6.45, 7) is 8.30. The van der Waals surface area contributed by atoms with Crippen LogP contribution in [-0.4, -0.2) is 81.3 Å². The summed E-state index contributed by atoms with van der Waals surface area (Å²) in [4.78, 5) is 42.4. The van der Waals surface area contributed by atoms with Crippen molar-refractivity contribution in [2.75, 3.05) is 19.7 Å². The van der Waals surface area contributed by atoms with Crippen LogP contribution in [0.2, 0.25) is 0 Å². The van der Waals surface area contributed by atoms with Gasteiger partial charge in [-0.15, -0.1) is 6.58 Å². The number of carboxylic acid groups (broad SMARTS) is 1. The Hall–Kier alpha value is -1.93. The lowest BCUT2D eigenvalue weighted by molar-refractivity contribution is -0.153. The van der Waals surface area contributed by atoms with Gasteiger partial charge in [0.15, 0.2) is 0 Å². The summed E-state index contributed by atoms with van der Waals surface area (Å²) >= 11 is 0. The Balaban J connectivity index is 2.01. The van der Waals surface area contributed by atoms with Crippen molar-refractivity contribution in [1.82, 2.24) is 9.80 Å². The molecule has 0 unspecified atom stereocenters. The fourth-order valence-corrected chi connectivity index (χ4v) is 5.63. The van der Waals surface area contributed by atoms with Gasteiger partial charge in [-0.1, -0.05) is 32.8 Å². The van der Waals surface area contributed by atoms with E-state index in [1.54, 1.807) is 11.0 Å². The van der Waals surface area contributed by atoms with E-state index < -0.39 is 41.6 Å². The Labute approximate surface area is 177 Å². The van der Waals surface area contributed by atoms with Gasteiger partial charge in [-0.3, -0.25) is 14.4 Å². The second-order valence-electron chi connectivity index (χ2n) is 8.66. The highest BCUT2D eigenvalue weighted by Crippen LogP contribution is 2.59. The van der Waals surface area contributed by atoms with E-state index in [1.165, 1.54) is 4.90 Å². The smallest absolute Gasteiger partial charge is 0.310 e. The molecule has 0 aromatic carbocycles. The molecule has 3 aliphatic rings. The second-order valence-corrected chi connectivity index (χ2v) is 8.66. The van der Waals surface area contributed by atoms with Crippen molar-refractivity contribution in [1.29, 1.82) is 0 Å². The highest BCUT2D eigenvalue weighted by atomic mass is 16.5. The van der Waals surface area contributed by atoms with E-state index in [2.05, 4.69) is 13.5 Å². The normalized spacial score (nSPS) is 32.9. The molecule has 0 aromatic heterocycles. The van der Waals surface area contributed by atoms with Crippen molar-refractivity contribution in [2.45, 2.75) is 76.2 Å². The first kappa shape index (κ1) is 22.7. The number of ether oxygens (including phenoxy) is 1. The van der Waals surface area contributed by atoms with E-state index in [-0.39, 0.29) is 18.4 Å². The Bertz CT molecular complexity index is 693. The number of nitrogens with zero attached hydrogens (tertiary/aromatic N) is 2. The maximum absolute atomic E-state index is 13.8. The fourth-order valence-electron chi connectivity index (χ4n) is 5.63. The monoisotopic (exact) mass is 422 g/mol. The average Bonchev–Trinajstić information content (AvgIpc) is 3.36. The molecule has 2 bridgehead atoms. The van der Waals surface area contributed by atoms with Crippen molar-refractivity contribution >= 4 is 17.8 Å². The van der Waals surface area contributed by atoms with E-state index >= 15 is 0 Å². The molecule has 8 heteroatoms. The standard InChI is InChI=1S/C22H34N2O6/c1-4-7-8-12-23(11-5-2)20(27)18-22-10-9-15(30-22)16(21(28)29)17(22)19(26)24(18)14(6-3)13-25/h5,14-18,25H,2,4,6-13H2,1,3H3,(H,28,29)/t14-,15-,16+,17+,18-,22+/m0/s1. The molecule has 168 valence electrons. The minimum atomic E-state index is -1.13. The van der Waals surface area contributed by atoms with Crippen LogP contribution in [-0.2, 0) is 19.1 Å². The summed E-state index contributed by atoms with van der Waals surface area (Å²) in [7, 11) is 0. The molecule has 30 heavy (non-hydrogen) atoms. The number of aliphatic hydroxyl groups excluding tert-OH is 1. The molecule has 0 aromatic rings. The van der Waals surface area contributed by atoms with Crippen LogP contribution in [0.25, 0.3) is 0 Å². The molecular formula is C22H34N2O6. The van der Waals surface area contributed by atoms with E-state index in [4.69, 9.17) is 4.74 Å². The molecule has 3 rings (SSSR count). The third-order valence-corrected chi connectivity index (χ3v) is 7.03. The maximum atomic E-state index is 13.8. The number of hydrogen-bond donors (Lipinski definition) is 2. The number of aliphatic hydroxyl groups is 1. The summed E-state index contributed by atoms with van der Waals surface area (Å²) in [5.74, 6) is -3.51. The molecule has 3 aliphatic heterocycles. The largest absolute Gasteiger partial charge is 0.481 e. The number of amides is 2. The molecule has 2 amide bonds. The molecule has 6 atom stereocenters. The van der Waals surface area contributed by atoms with E-state index in [9.17, 15) is 24.6 Å². The minimum Gasteiger partial charge on any atom is -0.481 e. The zero-order chi connectivity index (χ0) is 22.1. The zero-order valence-corrected chi connectivity index (χ0v) is 18.0. The molecule has 3 saturated heterocycles. The Kier molecular flexibility index (Phi) is 6.87. The number of aliphatic carboxylic acids is 1. The van der Waals surface area contributed by atoms with E-state index in [0.717, 1.165) is 19.3 Å². The molecule has 8 nitrogen and oxygen atoms in total. The number of hydrogen-bond acceptors (Lipinski definition) is 5. The SMILES string of the molecule is C=CCN(CCCCC)C(=O)[C@@H]1N([C@@H](CC)CO)C(=O)[C@H]2[C@H](C(=O)O)[C@@H]3CC[C@]12O3. The van der Waals surface area contributed by atoms with Crippen LogP contribution < -0.4 is 0 Å². The van der Waals surface area contributed by atoms with Crippen molar-refractivity contribution in [3.05, 3.63) is 12.7 Å². The van der Waals surface area contributed by atoms with Crippen LogP contribution in [0.1, 0.15) is 52.4 Å². The lowest BCUT2D eigenvalue weighted by atomic mass is 9.70. The molecule has 3 heterocycles. The molecule has 0 radical (unpaired) electrons. The predicted octanol–water partition coefficient (Wildman–Crippen LogP) is 1.42. The summed E-state index contributed by atoms with van der Waals surface area (Å²) in [6, 6.07) is -1.47. The van der Waals surface area contributed by atoms with Crippen molar-refractivity contribution < 1.29 is 29.3 Å². The summed E-state index contributed by atoms with van der Waals surface area (Å²) in [6.07, 6.45) is 5.42. The lowest BCUT2D eigenvalue weighted by Gasteiger charge is -2.39. The summed E-state index contributed by atoms with van der Waals surface area (Å²) < 4.78 is 6.19. The molecule has 0 saturated carbocycles. The first-order chi connectivity index (χ1) is 14.4. The number of carboxylic acids is 1. The van der Waals surface area contributed by atoms with Crippen molar-refractivity contribution in [3.63, 3.8) is 0 Å². The fraction of sp³-hybridized carbons (Fsp3) is 0.773. The van der Waals surface area contributed by atoms with Gasteiger partial charge in [0.2, 0.25) is 11.8 Å². The van der Waals surface area contributed by atoms with Crippen LogP contribution >= 0.6 is 0 Å². The second kappa shape index (κ2) is 9.06. The van der Waals surface area contributed by atoms with Gasteiger partial charge in [0, 0.05) is 13.1 Å². The van der Waals surface area contributed by atoms with E-state index in [1.807, 2.05) is 6.92 Å². The van der Waals surface area contributed by atoms with Gasteiger partial charge in [0.25, 0.3) is 0 Å². The number of carbonyl (C=O) groups excluding carboxylic acids is 2. The third-order valence-electron chi connectivity index (χ3n) is 7.03. The summed E-state index contributed by atoms with van der Waals surface area (Å²) in [5, 5.41) is 19.7. The number of unbranched alkanes of at least 4 members (excludes halogenated alkanes) is 2. The molecule has 1 spiro atoms. The highest BCUT2D eigenvalue weighted by Gasteiger charge is 2.75. The molecule has 3 fully saturated rings. The van der Waals surface area contributed by atoms with Gasteiger partial charge in [-0.25, -0.2) is 0 Å². The quantitative estimate of drug-likeness (QED) is 0.385. The van der Waals surface area contributed by atoms with Gasteiger partial charge in [0.05, 0.1) is 30.6 Å². The Morgan fingerprint density at radius 2 is 2.13 bits per heavy atom. The van der Waals surface area contributed by atoms with Crippen LogP contribution in [0.15, 0.2) is 12.7 Å². The third kappa shape index (κ3) is 3.43. The van der Waals surface area contributed by atoms with Gasteiger partial charge < -0.3 is 24.7 Å². The molecule has 0 aliphatic carbocycles. The van der Waals surface area contributed by atoms with Gasteiger partial charge in [-0.2, -0.15) is 0 Å². The van der Waals surface area contributed by atoms with Crippen molar-refractivity contribution in [2.24, 2.45) is 11.8 Å². The maximum Gasteiger partial charge on any atom is 0.310 e. The molecule has 2 N–H and O–H groups in total. The van der Waals surface area contributed by atoms with Crippen LogP contribution in [0.4, 0.5) is 0 Å². The Morgan fingerprint density at radius 1 is 1.40 bits per heavy atom. The Morgan fingerprint density at radius 3 is 2.70 bits per heavy atom. The van der Waals surface area contributed by atoms with Gasteiger partial charge >= 0.3 is 5.97 Å². The zero-order valence-electron chi connectivity index (χ0n) is 18.0. The first-order valence-electron chi connectivity index (χ1n) is 11.1. The summed E-state index contributed by atoms with van der Waals surface area (Å²) in [5.41, 5.74) is -1.13. The topological polar surface area (TPSA) is 107 Å². The average molecular weight is 423 g/mol. The lowest BCUT2D eigenvalue weighted by Crippen LogP contribution is -2.58. The minimum absolute atomic E-state index is 0.236. The number of fused-ring (bicyclic) bond motifs is 1. The van der Waals surface area contributed by atoms with E-state index in [0.29, 0.717) is 32.4 Å². The first-order valence-corrected chi connectivity index (χ1v) is 11.1. The van der Waals surface area contributed by atoms with Gasteiger partial charge in [0.1, 0.15) is 11.6 Å².